The van der Waals surface area contributed by atoms with E-state index in [1.54, 1.807) is 24.4 Å². The minimum absolute atomic E-state index is 0.0676. The van der Waals surface area contributed by atoms with Gasteiger partial charge in [-0.05, 0) is 80.2 Å². The van der Waals surface area contributed by atoms with Gasteiger partial charge >= 0.3 is 12.2 Å². The second-order valence-corrected chi connectivity index (χ2v) is 16.3. The monoisotopic (exact) mass is 800 g/mol. The molecule has 9 rings (SSSR count). The van der Waals surface area contributed by atoms with E-state index in [1.165, 1.54) is 10.9 Å². The van der Waals surface area contributed by atoms with Crippen LogP contribution in [0.4, 0.5) is 19.0 Å². The molecule has 1 amide bonds. The lowest BCUT2D eigenvalue weighted by molar-refractivity contribution is -0.153. The average Bonchev–Trinajstić information content (AvgIpc) is 3.67. The van der Waals surface area contributed by atoms with Crippen LogP contribution in [0.1, 0.15) is 55.6 Å². The molecule has 1 aliphatic carbocycles. The minimum Gasteiger partial charge on any atom is -0.481 e. The van der Waals surface area contributed by atoms with Gasteiger partial charge in [-0.15, -0.1) is 5.10 Å². The molecule has 0 unspecified atom stereocenters. The van der Waals surface area contributed by atoms with Crippen LogP contribution in [0.2, 0.25) is 0 Å². The number of fused-ring (bicyclic) bond motifs is 2. The van der Waals surface area contributed by atoms with Crippen molar-refractivity contribution in [2.45, 2.75) is 63.6 Å². The zero-order valence-corrected chi connectivity index (χ0v) is 32.7. The first kappa shape index (κ1) is 38.2. The highest BCUT2D eigenvalue weighted by Crippen LogP contribution is 2.53. The summed E-state index contributed by atoms with van der Waals surface area (Å²) in [5.41, 5.74) is 4.42. The molecule has 3 saturated heterocycles. The van der Waals surface area contributed by atoms with E-state index in [0.29, 0.717) is 49.6 Å². The molecule has 3 aromatic heterocycles. The summed E-state index contributed by atoms with van der Waals surface area (Å²) >= 11 is 0. The van der Waals surface area contributed by atoms with Gasteiger partial charge in [-0.2, -0.15) is 28.2 Å². The maximum absolute atomic E-state index is 14.1. The van der Waals surface area contributed by atoms with Crippen molar-refractivity contribution in [2.75, 3.05) is 71.0 Å². The van der Waals surface area contributed by atoms with E-state index in [4.69, 9.17) is 24.2 Å². The van der Waals surface area contributed by atoms with E-state index in [-0.39, 0.29) is 46.3 Å². The van der Waals surface area contributed by atoms with Crippen molar-refractivity contribution in [3.8, 4) is 22.9 Å². The molecule has 0 radical (unpaired) electrons. The number of nitrogens with zero attached hydrogens (tertiary/aromatic N) is 9. The summed E-state index contributed by atoms with van der Waals surface area (Å²) in [5, 5.41) is 16.4. The van der Waals surface area contributed by atoms with Gasteiger partial charge in [0, 0.05) is 74.7 Å². The smallest absolute Gasteiger partial charge is 0.422 e. The number of H-pyrrole nitrogens is 1. The molecule has 4 fully saturated rings. The van der Waals surface area contributed by atoms with Crippen LogP contribution in [0.15, 0.2) is 43.4 Å². The Morgan fingerprint density at radius 2 is 1.81 bits per heavy atom. The Bertz CT molecular complexity index is 2320. The molecule has 4 aliphatic rings. The number of aromatic amines is 1. The Balaban J connectivity index is 1.10. The number of aromatic nitrogens is 7. The maximum atomic E-state index is 14.1. The fraction of sp³-hybridized carbons (Fsp3) is 0.512. The number of hydrogen-bond donors (Lipinski definition) is 1. The van der Waals surface area contributed by atoms with Crippen molar-refractivity contribution in [1.29, 1.82) is 0 Å². The molecule has 58 heavy (non-hydrogen) atoms. The Hall–Kier alpha value is -5.29. The maximum Gasteiger partial charge on any atom is 0.422 e. The molecule has 1 spiro atoms. The lowest BCUT2D eigenvalue weighted by Gasteiger charge is -2.54. The van der Waals surface area contributed by atoms with E-state index >= 15 is 0 Å². The van der Waals surface area contributed by atoms with Crippen LogP contribution in [0.3, 0.4) is 0 Å². The average molecular weight is 801 g/mol. The summed E-state index contributed by atoms with van der Waals surface area (Å²) in [6.07, 6.45) is 4.94. The summed E-state index contributed by atoms with van der Waals surface area (Å²) in [7, 11) is 1.69. The molecule has 6 heterocycles. The van der Waals surface area contributed by atoms with Gasteiger partial charge in [-0.3, -0.25) is 9.89 Å². The molecule has 14 nitrogen and oxygen atoms in total. The number of amides is 1. The highest BCUT2D eigenvalue weighted by molar-refractivity contribution is 6.12. The Morgan fingerprint density at radius 3 is 2.50 bits per heavy atom. The van der Waals surface area contributed by atoms with Crippen LogP contribution in [-0.2, 0) is 9.53 Å². The lowest BCUT2D eigenvalue weighted by Crippen LogP contribution is -2.62. The van der Waals surface area contributed by atoms with Crippen LogP contribution in [0.5, 0.6) is 11.8 Å². The molecule has 306 valence electrons. The van der Waals surface area contributed by atoms with Crippen molar-refractivity contribution in [3.63, 3.8) is 0 Å². The Labute approximate surface area is 333 Å². The number of anilines is 1. The molecular weight excluding hydrogens is 754 g/mol. The van der Waals surface area contributed by atoms with Crippen LogP contribution < -0.4 is 14.4 Å². The number of benzene rings is 2. The lowest BCUT2D eigenvalue weighted by atomic mass is 9.72. The molecule has 5 aromatic rings. The number of ether oxygens (including phenoxy) is 3. The predicted molar refractivity (Wildman–Crippen MR) is 211 cm³/mol. The SMILES string of the molecule is C=C(C(=O)N1CC2(CCN(c3nc(OC4CCN(CCOC)CC4)nc4c(OCC(F)(F)F)c(-c5c(C)ccc6[nH]ncc56)c(C5CC5)cc34)CC2)C1)n1ccnn1. The van der Waals surface area contributed by atoms with Crippen LogP contribution in [0, 0.1) is 12.3 Å². The van der Waals surface area contributed by atoms with Gasteiger partial charge < -0.3 is 28.9 Å². The van der Waals surface area contributed by atoms with E-state index in [9.17, 15) is 18.0 Å². The number of rotatable bonds is 12. The Kier molecular flexibility index (Phi) is 9.98. The van der Waals surface area contributed by atoms with Gasteiger partial charge in [-0.25, -0.2) is 4.68 Å². The number of likely N-dealkylation sites (tertiary alicyclic amines) is 2. The largest absolute Gasteiger partial charge is 0.481 e. The number of hydrogen-bond acceptors (Lipinski definition) is 11. The fourth-order valence-corrected chi connectivity index (χ4v) is 8.91. The zero-order valence-electron chi connectivity index (χ0n) is 32.7. The number of nitrogens with one attached hydrogen (secondary N) is 1. The van der Waals surface area contributed by atoms with Crippen molar-refractivity contribution < 1.29 is 32.2 Å². The highest BCUT2D eigenvalue weighted by atomic mass is 19.4. The number of halogens is 3. The summed E-state index contributed by atoms with van der Waals surface area (Å²) < 4.78 is 61.6. The van der Waals surface area contributed by atoms with E-state index in [0.717, 1.165) is 85.8 Å². The van der Waals surface area contributed by atoms with Crippen molar-refractivity contribution in [2.24, 2.45) is 5.41 Å². The standard InChI is InChI=1S/C41H47F3N10O4/c1-25-4-7-32-31(21-46-49-32)33(25)34-29(27-5-6-27)20-30-35(36(34)57-24-41(42,43)44)47-39(58-28-8-13-51(14-9-28)18-19-56-3)48-37(30)52-15-10-40(11-16-52)22-53(23-40)38(55)26(2)54-17-12-45-50-54/h4,7,12,17,20-21,27-28H,2,5-6,8-11,13-16,18-19,22-24H2,1,3H3,(H,46,49). The number of piperidine rings is 2. The van der Waals surface area contributed by atoms with Crippen molar-refractivity contribution in [1.82, 2.24) is 45.0 Å². The van der Waals surface area contributed by atoms with Gasteiger partial charge in [0.2, 0.25) is 0 Å². The van der Waals surface area contributed by atoms with E-state index < -0.39 is 12.8 Å². The molecule has 0 bridgehead atoms. The third-order valence-electron chi connectivity index (χ3n) is 12.2. The second-order valence-electron chi connectivity index (χ2n) is 16.3. The summed E-state index contributed by atoms with van der Waals surface area (Å²) in [6, 6.07) is 6.07. The third-order valence-corrected chi connectivity index (χ3v) is 12.2. The van der Waals surface area contributed by atoms with Gasteiger partial charge in [0.05, 0.1) is 30.7 Å². The number of carbonyl (C=O) groups excluding carboxylic acids is 1. The van der Waals surface area contributed by atoms with Crippen LogP contribution >= 0.6 is 0 Å². The third kappa shape index (κ3) is 7.45. The Morgan fingerprint density at radius 1 is 1.03 bits per heavy atom. The molecule has 1 saturated carbocycles. The zero-order chi connectivity index (χ0) is 40.2. The summed E-state index contributed by atoms with van der Waals surface area (Å²) in [5.74, 6) is 0.646. The van der Waals surface area contributed by atoms with Gasteiger partial charge in [0.15, 0.2) is 12.4 Å². The first-order valence-corrected chi connectivity index (χ1v) is 20.0. The van der Waals surface area contributed by atoms with Crippen molar-refractivity contribution in [3.05, 3.63) is 54.5 Å². The minimum atomic E-state index is -4.59. The summed E-state index contributed by atoms with van der Waals surface area (Å²) in [6.45, 7) is 9.95. The molecule has 1 N–H and O–H groups in total. The first-order chi connectivity index (χ1) is 28.0. The number of aryl methyl sites for hydroxylation is 1. The van der Waals surface area contributed by atoms with Gasteiger partial charge in [0.1, 0.15) is 23.1 Å². The molecule has 0 atom stereocenters. The normalized spacial score (nSPS) is 18.9. The van der Waals surface area contributed by atoms with Gasteiger partial charge in [-0.1, -0.05) is 17.9 Å². The molecular formula is C41H47F3N10O4. The van der Waals surface area contributed by atoms with Gasteiger partial charge in [0.25, 0.3) is 5.91 Å². The molecule has 17 heteroatoms. The predicted octanol–water partition coefficient (Wildman–Crippen LogP) is 5.98. The van der Waals surface area contributed by atoms with Crippen LogP contribution in [0.25, 0.3) is 38.6 Å². The quantitative estimate of drug-likeness (QED) is 0.149. The number of carbonyl (C=O) groups is 1. The van der Waals surface area contributed by atoms with Crippen LogP contribution in [-0.4, -0.2) is 129 Å². The number of alkyl halides is 3. The number of methoxy groups -OCH3 is 1. The van der Waals surface area contributed by atoms with E-state index in [1.807, 2.05) is 19.1 Å². The molecule has 3 aliphatic heterocycles. The second kappa shape index (κ2) is 15.1. The summed E-state index contributed by atoms with van der Waals surface area (Å²) in [4.78, 5) is 29.5. The highest BCUT2D eigenvalue weighted by Gasteiger charge is 2.48. The fourth-order valence-electron chi connectivity index (χ4n) is 8.91. The first-order valence-electron chi connectivity index (χ1n) is 20.0. The topological polar surface area (TPSA) is 140 Å². The molecule has 2 aromatic carbocycles. The van der Waals surface area contributed by atoms with E-state index in [2.05, 4.69) is 43.0 Å². The van der Waals surface area contributed by atoms with Crippen molar-refractivity contribution >= 4 is 39.2 Å².